The lowest BCUT2D eigenvalue weighted by molar-refractivity contribution is -0.145. The summed E-state index contributed by atoms with van der Waals surface area (Å²) in [6.45, 7) is 1.06. The molecule has 0 spiro atoms. The smallest absolute Gasteiger partial charge is 0.311 e. The molecule has 0 unspecified atom stereocenters. The molecule has 2 N–H and O–H groups in total. The van der Waals surface area contributed by atoms with E-state index in [1.807, 2.05) is 23.1 Å². The number of esters is 1. The van der Waals surface area contributed by atoms with Crippen molar-refractivity contribution in [2.45, 2.75) is 37.7 Å². The molecule has 1 aliphatic heterocycles. The molecule has 2 fully saturated rings. The van der Waals surface area contributed by atoms with Crippen LogP contribution in [0, 0.1) is 5.92 Å². The van der Waals surface area contributed by atoms with Crippen molar-refractivity contribution >= 4 is 23.3 Å². The highest BCUT2D eigenvalue weighted by Gasteiger charge is 2.40. The molecule has 1 heterocycles. The van der Waals surface area contributed by atoms with Crippen molar-refractivity contribution in [3.05, 3.63) is 23.8 Å². The molecule has 1 saturated carbocycles. The average Bonchev–Trinajstić information content (AvgIpc) is 3.30. The van der Waals surface area contributed by atoms with Gasteiger partial charge < -0.3 is 24.8 Å². The van der Waals surface area contributed by atoms with Gasteiger partial charge in [0, 0.05) is 19.0 Å². The van der Waals surface area contributed by atoms with E-state index in [2.05, 4.69) is 0 Å². The molecule has 26 heavy (non-hydrogen) atoms. The third-order valence-corrected chi connectivity index (χ3v) is 5.61. The first-order valence-electron chi connectivity index (χ1n) is 9.00. The predicted molar refractivity (Wildman–Crippen MR) is 102 cm³/mol. The SMILES string of the molecule is COC(=O)[C@H]1CN(C(N)=S)C[C@@H]1c1ccc(OC)c(OC2CCCC2)c1. The van der Waals surface area contributed by atoms with Crippen molar-refractivity contribution in [1.29, 1.82) is 0 Å². The number of thiocarbonyl (C=S) groups is 1. The molecular weight excluding hydrogens is 352 g/mol. The van der Waals surface area contributed by atoms with Crippen LogP contribution in [-0.4, -0.2) is 49.4 Å². The highest BCUT2D eigenvalue weighted by Crippen LogP contribution is 2.39. The van der Waals surface area contributed by atoms with Gasteiger partial charge in [-0.15, -0.1) is 0 Å². The van der Waals surface area contributed by atoms with E-state index in [1.165, 1.54) is 20.0 Å². The first-order chi connectivity index (χ1) is 12.5. The van der Waals surface area contributed by atoms with E-state index in [4.69, 9.17) is 32.2 Å². The average molecular weight is 378 g/mol. The van der Waals surface area contributed by atoms with Gasteiger partial charge in [-0.25, -0.2) is 0 Å². The molecule has 0 bridgehead atoms. The van der Waals surface area contributed by atoms with Crippen LogP contribution in [0.4, 0.5) is 0 Å². The molecule has 1 aromatic carbocycles. The van der Waals surface area contributed by atoms with Gasteiger partial charge in [0.15, 0.2) is 16.6 Å². The van der Waals surface area contributed by atoms with Crippen molar-refractivity contribution in [2.24, 2.45) is 11.7 Å². The lowest BCUT2D eigenvalue weighted by Gasteiger charge is -2.20. The Morgan fingerprint density at radius 1 is 1.19 bits per heavy atom. The van der Waals surface area contributed by atoms with E-state index >= 15 is 0 Å². The van der Waals surface area contributed by atoms with Crippen LogP contribution in [0.2, 0.25) is 0 Å². The Labute approximate surface area is 159 Å². The molecule has 1 aromatic rings. The molecule has 142 valence electrons. The van der Waals surface area contributed by atoms with Crippen molar-refractivity contribution in [2.75, 3.05) is 27.3 Å². The number of nitrogens with zero attached hydrogens (tertiary/aromatic N) is 1. The van der Waals surface area contributed by atoms with E-state index in [-0.39, 0.29) is 23.9 Å². The van der Waals surface area contributed by atoms with Crippen LogP contribution in [0.3, 0.4) is 0 Å². The minimum atomic E-state index is -0.311. The molecule has 2 aliphatic rings. The van der Waals surface area contributed by atoms with E-state index in [1.54, 1.807) is 7.11 Å². The third-order valence-electron chi connectivity index (χ3n) is 5.35. The van der Waals surface area contributed by atoms with Gasteiger partial charge >= 0.3 is 5.97 Å². The Balaban J connectivity index is 1.88. The summed E-state index contributed by atoms with van der Waals surface area (Å²) >= 11 is 5.10. The Morgan fingerprint density at radius 3 is 2.54 bits per heavy atom. The number of ether oxygens (including phenoxy) is 3. The first kappa shape index (κ1) is 18.8. The standard InChI is InChI=1S/C19H26N2O4S/c1-23-16-8-7-12(9-17(16)25-13-5-3-4-6-13)14-10-21(19(20)26)11-15(14)18(22)24-2/h7-9,13-15H,3-6,10-11H2,1-2H3,(H2,20,26)/t14-,15+/m1/s1. The fourth-order valence-electron chi connectivity index (χ4n) is 3.91. The molecular formula is C19H26N2O4S. The summed E-state index contributed by atoms with van der Waals surface area (Å²) < 4.78 is 16.6. The third kappa shape index (κ3) is 3.87. The highest BCUT2D eigenvalue weighted by molar-refractivity contribution is 7.80. The number of benzene rings is 1. The zero-order valence-corrected chi connectivity index (χ0v) is 16.1. The van der Waals surface area contributed by atoms with Crippen LogP contribution in [0.5, 0.6) is 11.5 Å². The topological polar surface area (TPSA) is 74.0 Å². The van der Waals surface area contributed by atoms with Crippen LogP contribution >= 0.6 is 12.2 Å². The van der Waals surface area contributed by atoms with Gasteiger partial charge in [0.1, 0.15) is 0 Å². The largest absolute Gasteiger partial charge is 0.493 e. The van der Waals surface area contributed by atoms with Crippen molar-refractivity contribution < 1.29 is 19.0 Å². The molecule has 1 aliphatic carbocycles. The Hall–Kier alpha value is -2.02. The summed E-state index contributed by atoms with van der Waals surface area (Å²) in [5.74, 6) is 0.826. The number of carbonyl (C=O) groups is 1. The van der Waals surface area contributed by atoms with E-state index < -0.39 is 0 Å². The summed E-state index contributed by atoms with van der Waals surface area (Å²) in [7, 11) is 3.05. The number of nitrogens with two attached hydrogens (primary N) is 1. The number of hydrogen-bond donors (Lipinski definition) is 1. The maximum atomic E-state index is 12.3. The van der Waals surface area contributed by atoms with Crippen molar-refractivity contribution in [3.63, 3.8) is 0 Å². The normalized spacial score (nSPS) is 23.1. The second-order valence-corrected chi connectivity index (χ2v) is 7.33. The van der Waals surface area contributed by atoms with Crippen LogP contribution in [0.1, 0.15) is 37.2 Å². The molecule has 1 saturated heterocycles. The van der Waals surface area contributed by atoms with Crippen molar-refractivity contribution in [3.8, 4) is 11.5 Å². The summed E-state index contributed by atoms with van der Waals surface area (Å²) in [6, 6.07) is 5.86. The van der Waals surface area contributed by atoms with Gasteiger partial charge in [-0.05, 0) is 55.6 Å². The predicted octanol–water partition coefficient (Wildman–Crippen LogP) is 2.45. The summed E-state index contributed by atoms with van der Waals surface area (Å²) in [4.78, 5) is 14.1. The summed E-state index contributed by atoms with van der Waals surface area (Å²) in [5, 5.41) is 0.303. The molecule has 6 nitrogen and oxygen atoms in total. The molecule has 3 rings (SSSR count). The number of rotatable bonds is 5. The van der Waals surface area contributed by atoms with Gasteiger partial charge in [0.05, 0.1) is 26.2 Å². The quantitative estimate of drug-likeness (QED) is 0.623. The molecule has 0 aromatic heterocycles. The summed E-state index contributed by atoms with van der Waals surface area (Å²) in [6.07, 6.45) is 4.76. The van der Waals surface area contributed by atoms with Crippen LogP contribution in [0.15, 0.2) is 18.2 Å². The Morgan fingerprint density at radius 2 is 1.92 bits per heavy atom. The van der Waals surface area contributed by atoms with Crippen LogP contribution in [0.25, 0.3) is 0 Å². The summed E-state index contributed by atoms with van der Waals surface area (Å²) in [5.41, 5.74) is 6.79. The zero-order valence-electron chi connectivity index (χ0n) is 15.3. The van der Waals surface area contributed by atoms with Gasteiger partial charge in [-0.1, -0.05) is 6.07 Å². The van der Waals surface area contributed by atoms with Crippen LogP contribution < -0.4 is 15.2 Å². The van der Waals surface area contributed by atoms with Gasteiger partial charge in [-0.2, -0.15) is 0 Å². The number of hydrogen-bond acceptors (Lipinski definition) is 5. The van der Waals surface area contributed by atoms with E-state index in [0.29, 0.717) is 24.0 Å². The molecule has 2 atom stereocenters. The Bertz CT molecular complexity index is 676. The monoisotopic (exact) mass is 378 g/mol. The van der Waals surface area contributed by atoms with E-state index in [0.717, 1.165) is 24.2 Å². The fourth-order valence-corrected chi connectivity index (χ4v) is 4.06. The minimum absolute atomic E-state index is 0.0548. The lowest BCUT2D eigenvalue weighted by atomic mass is 9.89. The van der Waals surface area contributed by atoms with Crippen LogP contribution in [-0.2, 0) is 9.53 Å². The first-order valence-corrected chi connectivity index (χ1v) is 9.41. The zero-order chi connectivity index (χ0) is 18.7. The van der Waals surface area contributed by atoms with Crippen molar-refractivity contribution in [1.82, 2.24) is 4.90 Å². The lowest BCUT2D eigenvalue weighted by Crippen LogP contribution is -2.34. The number of methoxy groups -OCH3 is 2. The minimum Gasteiger partial charge on any atom is -0.493 e. The Kier molecular flexibility index (Phi) is 5.86. The fraction of sp³-hybridized carbons (Fsp3) is 0.579. The maximum Gasteiger partial charge on any atom is 0.311 e. The number of likely N-dealkylation sites (tertiary alicyclic amines) is 1. The van der Waals surface area contributed by atoms with E-state index in [9.17, 15) is 4.79 Å². The molecule has 0 radical (unpaired) electrons. The number of carbonyl (C=O) groups excluding carboxylic acids is 1. The second kappa shape index (κ2) is 8.12. The van der Waals surface area contributed by atoms with Gasteiger partial charge in [0.2, 0.25) is 0 Å². The molecule has 0 amide bonds. The molecule has 7 heteroatoms. The second-order valence-electron chi connectivity index (χ2n) is 6.91. The maximum absolute atomic E-state index is 12.3. The highest BCUT2D eigenvalue weighted by atomic mass is 32.1. The van der Waals surface area contributed by atoms with Gasteiger partial charge in [0.25, 0.3) is 0 Å². The van der Waals surface area contributed by atoms with Gasteiger partial charge in [-0.3, -0.25) is 4.79 Å².